The minimum absolute atomic E-state index is 0.0144. The molecule has 26 heavy (non-hydrogen) atoms. The lowest BCUT2D eigenvalue weighted by molar-refractivity contribution is -0.126. The Morgan fingerprint density at radius 3 is 2.96 bits per heavy atom. The smallest absolute Gasteiger partial charge is 0.227 e. The van der Waals surface area contributed by atoms with Gasteiger partial charge in [-0.1, -0.05) is 19.1 Å². The molecule has 1 aliphatic rings. The second kappa shape index (κ2) is 7.81. The van der Waals surface area contributed by atoms with Crippen LogP contribution in [0.4, 0.5) is 0 Å². The van der Waals surface area contributed by atoms with Crippen molar-refractivity contribution in [2.45, 2.75) is 46.7 Å². The van der Waals surface area contributed by atoms with Gasteiger partial charge >= 0.3 is 0 Å². The Bertz CT molecular complexity index is 798. The molecule has 1 unspecified atom stereocenters. The average molecular weight is 357 g/mol. The lowest BCUT2D eigenvalue weighted by Gasteiger charge is -2.25. The van der Waals surface area contributed by atoms with Crippen molar-refractivity contribution in [3.05, 3.63) is 40.7 Å². The molecule has 0 aliphatic carbocycles. The Morgan fingerprint density at radius 1 is 1.42 bits per heavy atom. The highest BCUT2D eigenvalue weighted by atomic mass is 16.5. The minimum atomic E-state index is -0.194. The molecule has 0 saturated heterocycles. The predicted molar refractivity (Wildman–Crippen MR) is 99.5 cm³/mol. The van der Waals surface area contributed by atoms with E-state index in [0.29, 0.717) is 19.6 Å². The maximum Gasteiger partial charge on any atom is 0.227 e. The average Bonchev–Trinajstić information content (AvgIpc) is 2.92. The van der Waals surface area contributed by atoms with Crippen LogP contribution in [0.5, 0.6) is 11.5 Å². The Balaban J connectivity index is 1.65. The molecule has 0 radical (unpaired) electrons. The first kappa shape index (κ1) is 18.3. The molecule has 6 nitrogen and oxygen atoms in total. The van der Waals surface area contributed by atoms with Gasteiger partial charge in [0.2, 0.25) is 5.91 Å². The van der Waals surface area contributed by atoms with Crippen molar-refractivity contribution in [3.63, 3.8) is 0 Å². The number of benzene rings is 1. The van der Waals surface area contributed by atoms with Gasteiger partial charge in [-0.3, -0.25) is 9.48 Å². The second-order valence-corrected chi connectivity index (χ2v) is 6.75. The van der Waals surface area contributed by atoms with Crippen LogP contribution in [0.2, 0.25) is 0 Å². The van der Waals surface area contributed by atoms with Gasteiger partial charge in [-0.15, -0.1) is 0 Å². The van der Waals surface area contributed by atoms with Crippen molar-refractivity contribution < 1.29 is 14.3 Å². The highest BCUT2D eigenvalue weighted by Gasteiger charge is 2.28. The number of carbonyl (C=O) groups excluding carboxylic acids is 1. The highest BCUT2D eigenvalue weighted by Crippen LogP contribution is 2.36. The Hall–Kier alpha value is -2.50. The fourth-order valence-corrected chi connectivity index (χ4v) is 3.46. The molecule has 1 N–H and O–H groups in total. The number of nitrogens with one attached hydrogen (secondary N) is 1. The number of nitrogens with zero attached hydrogens (tertiary/aromatic N) is 2. The van der Waals surface area contributed by atoms with Crippen LogP contribution in [0.1, 0.15) is 35.9 Å². The molecule has 2 heterocycles. The van der Waals surface area contributed by atoms with Crippen LogP contribution in [0.3, 0.4) is 0 Å². The molecule has 6 heteroatoms. The van der Waals surface area contributed by atoms with Gasteiger partial charge in [-0.05, 0) is 38.3 Å². The SMILES string of the molecule is CCCn1nc(C)c(CNC(=O)C2COc3c(cccc3OC)C2)c1C. The summed E-state index contributed by atoms with van der Waals surface area (Å²) in [4.78, 5) is 12.6. The van der Waals surface area contributed by atoms with Gasteiger partial charge in [0.05, 0.1) is 18.7 Å². The molecule has 1 atom stereocenters. The molecular weight excluding hydrogens is 330 g/mol. The largest absolute Gasteiger partial charge is 0.493 e. The summed E-state index contributed by atoms with van der Waals surface area (Å²) in [5.74, 6) is 1.30. The van der Waals surface area contributed by atoms with E-state index in [2.05, 4.69) is 24.3 Å². The van der Waals surface area contributed by atoms with E-state index >= 15 is 0 Å². The minimum Gasteiger partial charge on any atom is -0.493 e. The summed E-state index contributed by atoms with van der Waals surface area (Å²) in [6.07, 6.45) is 1.70. The van der Waals surface area contributed by atoms with Gasteiger partial charge in [0.1, 0.15) is 6.61 Å². The van der Waals surface area contributed by atoms with Gasteiger partial charge < -0.3 is 14.8 Å². The molecule has 0 bridgehead atoms. The van der Waals surface area contributed by atoms with Gasteiger partial charge in [-0.2, -0.15) is 5.10 Å². The van der Waals surface area contributed by atoms with E-state index < -0.39 is 0 Å². The lowest BCUT2D eigenvalue weighted by atomic mass is 9.95. The molecule has 2 aromatic rings. The first-order valence-corrected chi connectivity index (χ1v) is 9.14. The van der Waals surface area contributed by atoms with Crippen LogP contribution in [0.25, 0.3) is 0 Å². The van der Waals surface area contributed by atoms with Crippen molar-refractivity contribution >= 4 is 5.91 Å². The molecule has 0 saturated carbocycles. The summed E-state index contributed by atoms with van der Waals surface area (Å²) in [7, 11) is 1.63. The van der Waals surface area contributed by atoms with Crippen LogP contribution in [-0.2, 0) is 24.3 Å². The van der Waals surface area contributed by atoms with E-state index in [1.807, 2.05) is 29.8 Å². The van der Waals surface area contributed by atoms with Gasteiger partial charge in [0, 0.05) is 24.3 Å². The molecule has 1 aromatic carbocycles. The number of hydrogen-bond donors (Lipinski definition) is 1. The first-order valence-electron chi connectivity index (χ1n) is 9.14. The van der Waals surface area contributed by atoms with Crippen molar-refractivity contribution in [1.29, 1.82) is 0 Å². The summed E-state index contributed by atoms with van der Waals surface area (Å²) in [6.45, 7) is 7.95. The number of methoxy groups -OCH3 is 1. The van der Waals surface area contributed by atoms with Crippen LogP contribution < -0.4 is 14.8 Å². The van der Waals surface area contributed by atoms with E-state index in [-0.39, 0.29) is 11.8 Å². The first-order chi connectivity index (χ1) is 12.5. The van der Waals surface area contributed by atoms with E-state index in [4.69, 9.17) is 9.47 Å². The molecule has 140 valence electrons. The third kappa shape index (κ3) is 3.54. The zero-order valence-corrected chi connectivity index (χ0v) is 16.0. The van der Waals surface area contributed by atoms with E-state index in [0.717, 1.165) is 47.0 Å². The molecule has 3 rings (SSSR count). The van der Waals surface area contributed by atoms with Crippen molar-refractivity contribution in [2.24, 2.45) is 5.92 Å². The summed E-state index contributed by atoms with van der Waals surface area (Å²) in [5.41, 5.74) is 4.22. The maximum atomic E-state index is 12.6. The molecule has 0 spiro atoms. The topological polar surface area (TPSA) is 65.4 Å². The third-order valence-corrected chi connectivity index (χ3v) is 4.95. The van der Waals surface area contributed by atoms with Gasteiger partial charge in [-0.25, -0.2) is 0 Å². The van der Waals surface area contributed by atoms with E-state index in [1.165, 1.54) is 0 Å². The van der Waals surface area contributed by atoms with Crippen LogP contribution >= 0.6 is 0 Å². The van der Waals surface area contributed by atoms with E-state index in [9.17, 15) is 4.79 Å². The molecule has 1 aliphatic heterocycles. The maximum absolute atomic E-state index is 12.6. The predicted octanol–water partition coefficient (Wildman–Crippen LogP) is 2.79. The van der Waals surface area contributed by atoms with Crippen LogP contribution in [-0.4, -0.2) is 29.4 Å². The summed E-state index contributed by atoms with van der Waals surface area (Å²) in [5, 5.41) is 7.63. The number of hydrogen-bond acceptors (Lipinski definition) is 4. The molecule has 1 amide bonds. The van der Waals surface area contributed by atoms with Crippen LogP contribution in [0.15, 0.2) is 18.2 Å². The lowest BCUT2D eigenvalue weighted by Crippen LogP contribution is -2.37. The zero-order chi connectivity index (χ0) is 18.7. The fourth-order valence-electron chi connectivity index (χ4n) is 3.46. The molecular formula is C20H27N3O3. The van der Waals surface area contributed by atoms with Crippen molar-refractivity contribution in [1.82, 2.24) is 15.1 Å². The standard InChI is InChI=1S/C20H27N3O3/c1-5-9-23-14(3)17(13(2)22-23)11-21-20(24)16-10-15-7-6-8-18(25-4)19(15)26-12-16/h6-8,16H,5,9-12H2,1-4H3,(H,21,24). The van der Waals surface area contributed by atoms with Gasteiger partial charge in [0.15, 0.2) is 11.5 Å². The number of para-hydroxylation sites is 1. The Labute approximate surface area is 154 Å². The number of rotatable bonds is 6. The number of aryl methyl sites for hydroxylation is 2. The quantitative estimate of drug-likeness (QED) is 0.863. The van der Waals surface area contributed by atoms with Crippen molar-refractivity contribution in [3.8, 4) is 11.5 Å². The third-order valence-electron chi connectivity index (χ3n) is 4.95. The number of aromatic nitrogens is 2. The van der Waals surface area contributed by atoms with Crippen molar-refractivity contribution in [2.75, 3.05) is 13.7 Å². The molecule has 0 fully saturated rings. The monoisotopic (exact) mass is 357 g/mol. The zero-order valence-electron chi connectivity index (χ0n) is 16.0. The highest BCUT2D eigenvalue weighted by molar-refractivity contribution is 5.79. The van der Waals surface area contributed by atoms with E-state index in [1.54, 1.807) is 7.11 Å². The Kier molecular flexibility index (Phi) is 5.49. The Morgan fingerprint density at radius 2 is 2.23 bits per heavy atom. The molecule has 1 aromatic heterocycles. The summed E-state index contributed by atoms with van der Waals surface area (Å²) >= 11 is 0. The number of amides is 1. The summed E-state index contributed by atoms with van der Waals surface area (Å²) < 4.78 is 13.2. The summed E-state index contributed by atoms with van der Waals surface area (Å²) in [6, 6.07) is 5.79. The number of carbonyl (C=O) groups is 1. The number of fused-ring (bicyclic) bond motifs is 1. The normalized spacial score (nSPS) is 15.9. The second-order valence-electron chi connectivity index (χ2n) is 6.75. The number of ether oxygens (including phenoxy) is 2. The van der Waals surface area contributed by atoms with Crippen LogP contribution in [0, 0.1) is 19.8 Å². The fraction of sp³-hybridized carbons (Fsp3) is 0.500. The van der Waals surface area contributed by atoms with Gasteiger partial charge in [0.25, 0.3) is 0 Å².